The fraction of sp³-hybridized carbons (Fsp3) is 0.839. The van der Waals surface area contributed by atoms with Crippen LogP contribution >= 0.6 is 0 Å². The zero-order chi connectivity index (χ0) is 49.3. The molecule has 0 saturated carbocycles. The number of ether oxygens (including phenoxy) is 1. The van der Waals surface area contributed by atoms with Crippen molar-refractivity contribution in [3.63, 3.8) is 0 Å². The van der Waals surface area contributed by atoms with E-state index < -0.39 is 12.1 Å². The van der Waals surface area contributed by atoms with Gasteiger partial charge in [0.05, 0.1) is 25.4 Å². The summed E-state index contributed by atoms with van der Waals surface area (Å²) in [4.78, 5) is 24.5. The van der Waals surface area contributed by atoms with Crippen LogP contribution < -0.4 is 5.32 Å². The third-order valence-corrected chi connectivity index (χ3v) is 13.6. The monoisotopic (exact) mass is 954 g/mol. The number of carbonyl (C=O) groups is 2. The SMILES string of the molecule is CCCCC/C=C\C/C=C\CCCCCCCC(=O)OCCCCCCCC/C=C\CCCCCC(=O)NC(CO)C(O)/C=C/CCCCCCCCCCCCCCCCCCCCCCC. The van der Waals surface area contributed by atoms with Gasteiger partial charge in [0.2, 0.25) is 5.91 Å². The summed E-state index contributed by atoms with van der Waals surface area (Å²) in [7, 11) is 0. The summed E-state index contributed by atoms with van der Waals surface area (Å²) in [5, 5.41) is 23.2. The second-order valence-electron chi connectivity index (χ2n) is 20.3. The smallest absolute Gasteiger partial charge is 0.305 e. The maximum absolute atomic E-state index is 12.5. The van der Waals surface area contributed by atoms with Crippen LogP contribution in [0.4, 0.5) is 0 Å². The molecule has 6 nitrogen and oxygen atoms in total. The fourth-order valence-corrected chi connectivity index (χ4v) is 8.95. The predicted molar refractivity (Wildman–Crippen MR) is 296 cm³/mol. The first kappa shape index (κ1) is 65.8. The van der Waals surface area contributed by atoms with Crippen molar-refractivity contribution in [2.24, 2.45) is 0 Å². The van der Waals surface area contributed by atoms with Gasteiger partial charge in [0.1, 0.15) is 0 Å². The lowest BCUT2D eigenvalue weighted by molar-refractivity contribution is -0.143. The van der Waals surface area contributed by atoms with Gasteiger partial charge in [-0.1, -0.05) is 255 Å². The molecule has 6 heteroatoms. The highest BCUT2D eigenvalue weighted by Crippen LogP contribution is 2.16. The third kappa shape index (κ3) is 53.2. The van der Waals surface area contributed by atoms with E-state index >= 15 is 0 Å². The largest absolute Gasteiger partial charge is 0.466 e. The molecule has 0 radical (unpaired) electrons. The average Bonchev–Trinajstić information content (AvgIpc) is 3.34. The minimum absolute atomic E-state index is 0.0280. The molecule has 0 bridgehead atoms. The van der Waals surface area contributed by atoms with E-state index in [4.69, 9.17) is 4.74 Å². The van der Waals surface area contributed by atoms with Crippen molar-refractivity contribution < 1.29 is 24.5 Å². The first-order valence-electron chi connectivity index (χ1n) is 29.9. The number of aliphatic hydroxyl groups is 2. The lowest BCUT2D eigenvalue weighted by atomic mass is 10.0. The Morgan fingerprint density at radius 1 is 0.412 bits per heavy atom. The van der Waals surface area contributed by atoms with Gasteiger partial charge in [0.25, 0.3) is 0 Å². The van der Waals surface area contributed by atoms with Crippen molar-refractivity contribution in [2.45, 2.75) is 321 Å². The van der Waals surface area contributed by atoms with Gasteiger partial charge in [-0.25, -0.2) is 0 Å². The maximum atomic E-state index is 12.5. The Bertz CT molecular complexity index is 1150. The van der Waals surface area contributed by atoms with E-state index in [9.17, 15) is 19.8 Å². The highest BCUT2D eigenvalue weighted by atomic mass is 16.5. The molecule has 3 N–H and O–H groups in total. The van der Waals surface area contributed by atoms with Crippen molar-refractivity contribution >= 4 is 11.9 Å². The molecule has 0 spiro atoms. The Balaban J connectivity index is 3.54. The van der Waals surface area contributed by atoms with E-state index in [1.54, 1.807) is 6.08 Å². The Morgan fingerprint density at radius 3 is 1.18 bits per heavy atom. The molecule has 0 heterocycles. The van der Waals surface area contributed by atoms with E-state index in [0.717, 1.165) is 83.5 Å². The summed E-state index contributed by atoms with van der Waals surface area (Å²) in [5.74, 6) is -0.125. The first-order chi connectivity index (χ1) is 33.5. The summed E-state index contributed by atoms with van der Waals surface area (Å²) < 4.78 is 5.46. The standard InChI is InChI=1S/C62H115NO5/c1-3-5-7-9-11-13-15-17-19-20-21-22-23-24-25-26-28-30-34-38-42-46-50-54-60(65)59(58-64)63-61(66)55-51-47-43-39-35-31-29-33-37-41-45-49-53-57-68-62(67)56-52-48-44-40-36-32-27-18-16-14-12-10-8-6-4-2/h12,14,18,27,31,35,50,54,59-60,64-65H,3-11,13,15-17,19-26,28-30,32-34,36-49,51-53,55-58H2,1-2H3,(H,63,66)/b14-12-,27-18-,35-31-,54-50+. The molecule has 2 atom stereocenters. The van der Waals surface area contributed by atoms with E-state index in [1.165, 1.54) is 199 Å². The van der Waals surface area contributed by atoms with Gasteiger partial charge in [-0.15, -0.1) is 0 Å². The number of nitrogens with one attached hydrogen (secondary N) is 1. The van der Waals surface area contributed by atoms with Gasteiger partial charge in [-0.2, -0.15) is 0 Å². The molecule has 0 aliphatic heterocycles. The molecule has 1 amide bonds. The number of hydrogen-bond acceptors (Lipinski definition) is 5. The Kier molecular flexibility index (Phi) is 55.6. The number of unbranched alkanes of at least 4 members (excludes halogenated alkanes) is 38. The van der Waals surface area contributed by atoms with Crippen LogP contribution in [0.15, 0.2) is 48.6 Å². The minimum atomic E-state index is -0.864. The average molecular weight is 955 g/mol. The molecule has 0 aliphatic rings. The summed E-state index contributed by atoms with van der Waals surface area (Å²) >= 11 is 0. The van der Waals surface area contributed by atoms with Crippen molar-refractivity contribution in [3.8, 4) is 0 Å². The van der Waals surface area contributed by atoms with Crippen molar-refractivity contribution in [2.75, 3.05) is 13.2 Å². The second-order valence-corrected chi connectivity index (χ2v) is 20.3. The van der Waals surface area contributed by atoms with Crippen LogP contribution in [0.1, 0.15) is 309 Å². The quantitative estimate of drug-likeness (QED) is 0.0321. The summed E-state index contributed by atoms with van der Waals surface area (Å²) in [6, 6.07) is -0.651. The minimum Gasteiger partial charge on any atom is -0.466 e. The van der Waals surface area contributed by atoms with E-state index in [1.807, 2.05) is 6.08 Å². The Labute approximate surface area is 423 Å². The van der Waals surface area contributed by atoms with Gasteiger partial charge in [-0.3, -0.25) is 9.59 Å². The fourth-order valence-electron chi connectivity index (χ4n) is 8.95. The van der Waals surface area contributed by atoms with Crippen molar-refractivity contribution in [3.05, 3.63) is 48.6 Å². The Hall–Kier alpha value is -2.18. The second kappa shape index (κ2) is 57.4. The summed E-state index contributed by atoms with van der Waals surface area (Å²) in [6.07, 6.45) is 72.8. The highest BCUT2D eigenvalue weighted by Gasteiger charge is 2.18. The molecular weight excluding hydrogens is 839 g/mol. The van der Waals surface area contributed by atoms with Crippen LogP contribution in [0, 0.1) is 0 Å². The van der Waals surface area contributed by atoms with Gasteiger partial charge in [0, 0.05) is 12.8 Å². The van der Waals surface area contributed by atoms with Crippen LogP contribution in [0.25, 0.3) is 0 Å². The molecule has 68 heavy (non-hydrogen) atoms. The van der Waals surface area contributed by atoms with Crippen LogP contribution in [0.5, 0.6) is 0 Å². The predicted octanol–water partition coefficient (Wildman–Crippen LogP) is 18.6. The molecule has 398 valence electrons. The number of esters is 1. The normalized spacial score (nSPS) is 12.9. The van der Waals surface area contributed by atoms with Gasteiger partial charge < -0.3 is 20.3 Å². The van der Waals surface area contributed by atoms with Crippen LogP contribution in [-0.2, 0) is 14.3 Å². The third-order valence-electron chi connectivity index (χ3n) is 13.6. The number of aliphatic hydroxyl groups excluding tert-OH is 2. The van der Waals surface area contributed by atoms with Crippen molar-refractivity contribution in [1.29, 1.82) is 0 Å². The molecule has 0 aromatic carbocycles. The molecule has 0 aromatic heterocycles. The molecule has 0 rings (SSSR count). The molecule has 0 aromatic rings. The summed E-state index contributed by atoms with van der Waals surface area (Å²) in [6.45, 7) is 4.84. The topological polar surface area (TPSA) is 95.9 Å². The molecule has 0 aliphatic carbocycles. The molecule has 2 unspecified atom stereocenters. The Morgan fingerprint density at radius 2 is 0.735 bits per heavy atom. The number of allylic oxidation sites excluding steroid dienone is 7. The van der Waals surface area contributed by atoms with E-state index in [2.05, 4.69) is 55.6 Å². The molecule has 0 saturated heterocycles. The molecular formula is C62H115NO5. The number of amides is 1. The van der Waals surface area contributed by atoms with Gasteiger partial charge >= 0.3 is 5.97 Å². The lowest BCUT2D eigenvalue weighted by Crippen LogP contribution is -2.45. The zero-order valence-corrected chi connectivity index (χ0v) is 45.3. The van der Waals surface area contributed by atoms with E-state index in [0.29, 0.717) is 19.4 Å². The highest BCUT2D eigenvalue weighted by molar-refractivity contribution is 5.76. The van der Waals surface area contributed by atoms with Gasteiger partial charge in [0.15, 0.2) is 0 Å². The molecule has 0 fully saturated rings. The number of carbonyl (C=O) groups excluding carboxylic acids is 2. The first-order valence-corrected chi connectivity index (χ1v) is 29.9. The van der Waals surface area contributed by atoms with E-state index in [-0.39, 0.29) is 18.5 Å². The number of hydrogen-bond donors (Lipinski definition) is 3. The lowest BCUT2D eigenvalue weighted by Gasteiger charge is -2.19. The maximum Gasteiger partial charge on any atom is 0.305 e. The van der Waals surface area contributed by atoms with Crippen LogP contribution in [0.2, 0.25) is 0 Å². The number of rotatable bonds is 55. The zero-order valence-electron chi connectivity index (χ0n) is 45.3. The summed E-state index contributed by atoms with van der Waals surface area (Å²) in [5.41, 5.74) is 0. The van der Waals surface area contributed by atoms with Gasteiger partial charge in [-0.05, 0) is 89.9 Å². The van der Waals surface area contributed by atoms with Crippen LogP contribution in [-0.4, -0.2) is 47.4 Å². The van der Waals surface area contributed by atoms with Crippen molar-refractivity contribution in [1.82, 2.24) is 5.32 Å². The van der Waals surface area contributed by atoms with Crippen LogP contribution in [0.3, 0.4) is 0 Å².